The Morgan fingerprint density at radius 2 is 2.16 bits per heavy atom. The monoisotopic (exact) mass is 264 g/mol. The van der Waals surface area contributed by atoms with Crippen molar-refractivity contribution in [3.05, 3.63) is 17.8 Å². The Labute approximate surface area is 112 Å². The molecule has 1 saturated heterocycles. The molecule has 1 aliphatic heterocycles. The van der Waals surface area contributed by atoms with E-state index < -0.39 is 5.97 Å². The summed E-state index contributed by atoms with van der Waals surface area (Å²) >= 11 is 0. The van der Waals surface area contributed by atoms with Gasteiger partial charge in [0.25, 0.3) is 0 Å². The smallest absolute Gasteiger partial charge is 0.337 e. The van der Waals surface area contributed by atoms with Crippen molar-refractivity contribution < 1.29 is 9.90 Å². The highest BCUT2D eigenvalue weighted by atomic mass is 16.4. The van der Waals surface area contributed by atoms with Gasteiger partial charge in [0.1, 0.15) is 5.82 Å². The van der Waals surface area contributed by atoms with Gasteiger partial charge in [-0.25, -0.2) is 9.78 Å². The van der Waals surface area contributed by atoms with Gasteiger partial charge in [-0.2, -0.15) is 0 Å². The SMILES string of the molecule is CN1CCC(N(C)c2cc(C(=O)O)c(N)cn2)CC1. The summed E-state index contributed by atoms with van der Waals surface area (Å²) in [5.74, 6) is -0.348. The lowest BCUT2D eigenvalue weighted by molar-refractivity contribution is 0.0698. The molecule has 0 saturated carbocycles. The van der Waals surface area contributed by atoms with Gasteiger partial charge in [0.15, 0.2) is 0 Å². The van der Waals surface area contributed by atoms with Crippen LogP contribution in [0.15, 0.2) is 12.3 Å². The standard InChI is InChI=1S/C13H20N4O2/c1-16-5-3-9(4-6-16)17(2)12-7-10(13(18)19)11(14)8-15-12/h7-9H,3-6,14H2,1-2H3,(H,18,19). The van der Waals surface area contributed by atoms with Crippen LogP contribution in [-0.4, -0.2) is 54.2 Å². The van der Waals surface area contributed by atoms with Crippen molar-refractivity contribution in [3.8, 4) is 0 Å². The van der Waals surface area contributed by atoms with E-state index in [1.54, 1.807) is 6.07 Å². The topological polar surface area (TPSA) is 82.7 Å². The van der Waals surface area contributed by atoms with Crippen molar-refractivity contribution >= 4 is 17.5 Å². The highest BCUT2D eigenvalue weighted by molar-refractivity contribution is 5.94. The number of rotatable bonds is 3. The molecular formula is C13H20N4O2. The number of aromatic carboxylic acids is 1. The highest BCUT2D eigenvalue weighted by Gasteiger charge is 2.22. The van der Waals surface area contributed by atoms with E-state index in [0.29, 0.717) is 11.9 Å². The summed E-state index contributed by atoms with van der Waals surface area (Å²) in [4.78, 5) is 19.7. The van der Waals surface area contributed by atoms with Crippen molar-refractivity contribution in [2.24, 2.45) is 0 Å². The number of pyridine rings is 1. The van der Waals surface area contributed by atoms with E-state index in [4.69, 9.17) is 10.8 Å². The van der Waals surface area contributed by atoms with Gasteiger partial charge >= 0.3 is 5.97 Å². The van der Waals surface area contributed by atoms with Crippen LogP contribution in [0.5, 0.6) is 0 Å². The van der Waals surface area contributed by atoms with E-state index in [9.17, 15) is 4.79 Å². The van der Waals surface area contributed by atoms with Crippen LogP contribution in [-0.2, 0) is 0 Å². The Morgan fingerprint density at radius 1 is 1.53 bits per heavy atom. The summed E-state index contributed by atoms with van der Waals surface area (Å²) in [6.45, 7) is 2.10. The van der Waals surface area contributed by atoms with Crippen molar-refractivity contribution in [2.75, 3.05) is 37.8 Å². The van der Waals surface area contributed by atoms with Gasteiger partial charge in [-0.3, -0.25) is 0 Å². The normalized spacial score (nSPS) is 17.4. The number of carbonyl (C=O) groups is 1. The van der Waals surface area contributed by atoms with Gasteiger partial charge < -0.3 is 20.6 Å². The molecule has 1 aromatic heterocycles. The van der Waals surface area contributed by atoms with Gasteiger partial charge in [0.2, 0.25) is 0 Å². The first-order valence-electron chi connectivity index (χ1n) is 6.39. The van der Waals surface area contributed by atoms with E-state index in [1.165, 1.54) is 6.20 Å². The number of hydrogen-bond donors (Lipinski definition) is 2. The van der Waals surface area contributed by atoms with E-state index in [1.807, 2.05) is 7.05 Å². The average molecular weight is 264 g/mol. The maximum Gasteiger partial charge on any atom is 0.337 e. The fourth-order valence-electron chi connectivity index (χ4n) is 2.40. The Hall–Kier alpha value is -1.82. The van der Waals surface area contributed by atoms with Crippen LogP contribution in [0.4, 0.5) is 11.5 Å². The molecule has 0 radical (unpaired) electrons. The maximum absolute atomic E-state index is 11.1. The first-order chi connectivity index (χ1) is 8.99. The Morgan fingerprint density at radius 3 is 2.74 bits per heavy atom. The number of carboxylic acid groups (broad SMARTS) is 1. The molecule has 6 heteroatoms. The van der Waals surface area contributed by atoms with Gasteiger partial charge in [0, 0.05) is 13.1 Å². The molecule has 19 heavy (non-hydrogen) atoms. The number of carboxylic acids is 1. The maximum atomic E-state index is 11.1. The predicted molar refractivity (Wildman–Crippen MR) is 74.5 cm³/mol. The number of hydrogen-bond acceptors (Lipinski definition) is 5. The Bertz CT molecular complexity index is 470. The second-order valence-electron chi connectivity index (χ2n) is 5.08. The first kappa shape index (κ1) is 13.6. The van der Waals surface area contributed by atoms with Crippen molar-refractivity contribution in [1.29, 1.82) is 0 Å². The van der Waals surface area contributed by atoms with Gasteiger partial charge in [-0.05, 0) is 39.0 Å². The molecule has 104 valence electrons. The largest absolute Gasteiger partial charge is 0.478 e. The minimum absolute atomic E-state index is 0.116. The number of piperidine rings is 1. The van der Waals surface area contributed by atoms with Crippen LogP contribution in [0.2, 0.25) is 0 Å². The average Bonchev–Trinajstić information content (AvgIpc) is 2.39. The molecule has 1 aliphatic rings. The minimum atomic E-state index is -1.02. The van der Waals surface area contributed by atoms with Crippen LogP contribution in [0.3, 0.4) is 0 Å². The summed E-state index contributed by atoms with van der Waals surface area (Å²) in [7, 11) is 4.07. The molecule has 0 aliphatic carbocycles. The lowest BCUT2D eigenvalue weighted by Gasteiger charge is -2.35. The summed E-state index contributed by atoms with van der Waals surface area (Å²) in [5, 5.41) is 9.08. The first-order valence-corrected chi connectivity index (χ1v) is 6.39. The second-order valence-corrected chi connectivity index (χ2v) is 5.08. The predicted octanol–water partition coefficient (Wildman–Crippen LogP) is 0.892. The van der Waals surface area contributed by atoms with Crippen molar-refractivity contribution in [3.63, 3.8) is 0 Å². The fraction of sp³-hybridized carbons (Fsp3) is 0.538. The molecule has 0 spiro atoms. The molecule has 6 nitrogen and oxygen atoms in total. The van der Waals surface area contributed by atoms with Gasteiger partial charge in [-0.15, -0.1) is 0 Å². The molecule has 0 amide bonds. The van der Waals surface area contributed by atoms with Crippen molar-refractivity contribution in [1.82, 2.24) is 9.88 Å². The summed E-state index contributed by atoms with van der Waals surface area (Å²) in [6, 6.07) is 1.95. The van der Waals surface area contributed by atoms with E-state index in [2.05, 4.69) is 21.8 Å². The minimum Gasteiger partial charge on any atom is -0.478 e. The zero-order chi connectivity index (χ0) is 14.0. The van der Waals surface area contributed by atoms with Crippen LogP contribution >= 0.6 is 0 Å². The molecule has 2 rings (SSSR count). The quantitative estimate of drug-likeness (QED) is 0.843. The number of nitrogens with two attached hydrogens (primary N) is 1. The highest BCUT2D eigenvalue weighted by Crippen LogP contribution is 2.22. The molecule has 0 aromatic carbocycles. The molecular weight excluding hydrogens is 244 g/mol. The summed E-state index contributed by atoms with van der Waals surface area (Å²) in [6.07, 6.45) is 3.53. The fourth-order valence-corrected chi connectivity index (χ4v) is 2.40. The summed E-state index contributed by atoms with van der Waals surface area (Å²) in [5.41, 5.74) is 5.94. The molecule has 0 unspecified atom stereocenters. The van der Waals surface area contributed by atoms with E-state index in [0.717, 1.165) is 25.9 Å². The van der Waals surface area contributed by atoms with Crippen molar-refractivity contribution in [2.45, 2.75) is 18.9 Å². The lowest BCUT2D eigenvalue weighted by Crippen LogP contribution is -2.42. The summed E-state index contributed by atoms with van der Waals surface area (Å²) < 4.78 is 0. The molecule has 0 atom stereocenters. The number of anilines is 2. The Kier molecular flexibility index (Phi) is 3.90. The Balaban J connectivity index is 2.17. The lowest BCUT2D eigenvalue weighted by atomic mass is 10.0. The number of nitrogens with zero attached hydrogens (tertiary/aromatic N) is 3. The zero-order valence-electron chi connectivity index (χ0n) is 11.3. The van der Waals surface area contributed by atoms with E-state index >= 15 is 0 Å². The molecule has 2 heterocycles. The molecule has 1 fully saturated rings. The van der Waals surface area contributed by atoms with Gasteiger partial charge in [-0.1, -0.05) is 0 Å². The molecule has 1 aromatic rings. The number of likely N-dealkylation sites (tertiary alicyclic amines) is 1. The zero-order valence-corrected chi connectivity index (χ0v) is 11.3. The number of aromatic nitrogens is 1. The van der Waals surface area contributed by atoms with Crippen LogP contribution in [0.1, 0.15) is 23.2 Å². The van der Waals surface area contributed by atoms with Gasteiger partial charge in [0.05, 0.1) is 17.4 Å². The van der Waals surface area contributed by atoms with Crippen LogP contribution in [0.25, 0.3) is 0 Å². The third kappa shape index (κ3) is 2.96. The van der Waals surface area contributed by atoms with E-state index in [-0.39, 0.29) is 11.3 Å². The third-order valence-electron chi connectivity index (χ3n) is 3.75. The third-order valence-corrected chi connectivity index (χ3v) is 3.75. The molecule has 3 N–H and O–H groups in total. The van der Waals surface area contributed by atoms with Crippen LogP contribution in [0, 0.1) is 0 Å². The number of nitrogen functional groups attached to an aromatic ring is 1. The van der Waals surface area contributed by atoms with Crippen LogP contribution < -0.4 is 10.6 Å². The second kappa shape index (κ2) is 5.44. The molecule has 0 bridgehead atoms.